The number of carbonyl (C=O) groups is 1. The Morgan fingerprint density at radius 2 is 1.87 bits per heavy atom. The minimum atomic E-state index is -4.79. The molecule has 1 unspecified atom stereocenters. The van der Waals surface area contributed by atoms with E-state index in [4.69, 9.17) is 9.84 Å². The average Bonchev–Trinajstić information content (AvgIpc) is 2.42. The number of aryl methyl sites for hydroxylation is 1. The first-order chi connectivity index (χ1) is 10.4. The molecule has 1 aromatic rings. The lowest BCUT2D eigenvalue weighted by molar-refractivity contribution is -0.187. The number of benzene rings is 1. The third-order valence-corrected chi connectivity index (χ3v) is 3.77. The Morgan fingerprint density at radius 3 is 2.30 bits per heavy atom. The van der Waals surface area contributed by atoms with Crippen LogP contribution in [0.25, 0.3) is 6.08 Å². The maximum Gasteiger partial charge on any atom is 0.430 e. The van der Waals surface area contributed by atoms with Crippen molar-refractivity contribution in [2.24, 2.45) is 0 Å². The molecule has 0 amide bonds. The van der Waals surface area contributed by atoms with Gasteiger partial charge in [0.05, 0.1) is 5.57 Å². The van der Waals surface area contributed by atoms with Crippen molar-refractivity contribution < 1.29 is 27.8 Å². The third kappa shape index (κ3) is 3.35. The van der Waals surface area contributed by atoms with Gasteiger partial charge in [-0.1, -0.05) is 33.8 Å². The van der Waals surface area contributed by atoms with E-state index in [0.717, 1.165) is 11.6 Å². The van der Waals surface area contributed by atoms with Crippen molar-refractivity contribution in [3.05, 3.63) is 34.4 Å². The van der Waals surface area contributed by atoms with E-state index in [1.807, 2.05) is 33.8 Å². The summed E-state index contributed by atoms with van der Waals surface area (Å²) in [6.45, 7) is 7.57. The number of fused-ring (bicyclic) bond motifs is 1. The van der Waals surface area contributed by atoms with Gasteiger partial charge in [-0.05, 0) is 29.5 Å². The van der Waals surface area contributed by atoms with E-state index in [1.165, 1.54) is 0 Å². The number of carboxylic acid groups (broad SMARTS) is 1. The van der Waals surface area contributed by atoms with Crippen molar-refractivity contribution in [1.82, 2.24) is 0 Å². The van der Waals surface area contributed by atoms with Gasteiger partial charge in [0.25, 0.3) is 0 Å². The zero-order valence-electron chi connectivity index (χ0n) is 13.4. The molecule has 0 fully saturated rings. The van der Waals surface area contributed by atoms with E-state index in [9.17, 15) is 18.0 Å². The standard InChI is InChI=1S/C17H19F3O3/c1-5-9-6-10-8-11(15(21)22)14(17(18,19)20)23-13(10)12(7-9)16(2,3)4/h6-8,14H,5H2,1-4H3,(H,21,22). The van der Waals surface area contributed by atoms with E-state index >= 15 is 0 Å². The Labute approximate surface area is 132 Å². The Kier molecular flexibility index (Phi) is 4.22. The summed E-state index contributed by atoms with van der Waals surface area (Å²) in [5.41, 5.74) is 0.718. The SMILES string of the molecule is CCc1cc2c(c(C(C)(C)C)c1)OC(C(F)(F)F)C(C(=O)O)=C2. The summed E-state index contributed by atoms with van der Waals surface area (Å²) in [5, 5.41) is 9.10. The van der Waals surface area contributed by atoms with Gasteiger partial charge in [-0.3, -0.25) is 0 Å². The number of aliphatic carboxylic acids is 1. The molecule has 0 radical (unpaired) electrons. The van der Waals surface area contributed by atoms with Crippen LogP contribution in [0.4, 0.5) is 13.2 Å². The van der Waals surface area contributed by atoms with Crippen LogP contribution in [0.1, 0.15) is 44.4 Å². The highest BCUT2D eigenvalue weighted by atomic mass is 19.4. The zero-order valence-corrected chi connectivity index (χ0v) is 13.4. The van der Waals surface area contributed by atoms with Gasteiger partial charge < -0.3 is 9.84 Å². The highest BCUT2D eigenvalue weighted by Crippen LogP contribution is 2.43. The average molecular weight is 328 g/mol. The van der Waals surface area contributed by atoms with E-state index in [0.29, 0.717) is 17.5 Å². The van der Waals surface area contributed by atoms with Gasteiger partial charge in [-0.25, -0.2) is 4.79 Å². The Balaban J connectivity index is 2.72. The van der Waals surface area contributed by atoms with Crippen LogP contribution in [0.2, 0.25) is 0 Å². The molecule has 126 valence electrons. The lowest BCUT2D eigenvalue weighted by Gasteiger charge is -2.32. The molecule has 0 aromatic heterocycles. The quantitative estimate of drug-likeness (QED) is 0.878. The molecule has 1 atom stereocenters. The highest BCUT2D eigenvalue weighted by Gasteiger charge is 2.49. The van der Waals surface area contributed by atoms with Crippen LogP contribution < -0.4 is 4.74 Å². The molecule has 0 saturated heterocycles. The second kappa shape index (κ2) is 5.58. The molecule has 1 aromatic carbocycles. The summed E-state index contributed by atoms with van der Waals surface area (Å²) in [6, 6.07) is 3.51. The van der Waals surface area contributed by atoms with Crippen LogP contribution in [-0.2, 0) is 16.6 Å². The first kappa shape index (κ1) is 17.4. The van der Waals surface area contributed by atoms with Gasteiger partial charge >= 0.3 is 12.1 Å². The van der Waals surface area contributed by atoms with Crippen molar-refractivity contribution in [3.63, 3.8) is 0 Å². The number of ether oxygens (including phenoxy) is 1. The van der Waals surface area contributed by atoms with Crippen molar-refractivity contribution in [3.8, 4) is 5.75 Å². The van der Waals surface area contributed by atoms with Gasteiger partial charge in [-0.2, -0.15) is 13.2 Å². The normalized spacial score (nSPS) is 18.0. The second-order valence-corrected chi connectivity index (χ2v) is 6.61. The minimum absolute atomic E-state index is 0.113. The molecule has 1 N–H and O–H groups in total. The van der Waals surface area contributed by atoms with E-state index in [-0.39, 0.29) is 5.75 Å². The molecule has 3 nitrogen and oxygen atoms in total. The molecule has 6 heteroatoms. The molecule has 0 saturated carbocycles. The number of hydrogen-bond donors (Lipinski definition) is 1. The fourth-order valence-electron chi connectivity index (χ4n) is 2.55. The topological polar surface area (TPSA) is 46.5 Å². The van der Waals surface area contributed by atoms with Crippen LogP contribution in [0.5, 0.6) is 5.75 Å². The number of halogens is 3. The predicted octanol–water partition coefficient (Wildman–Crippen LogP) is 4.34. The highest BCUT2D eigenvalue weighted by molar-refractivity contribution is 5.95. The smallest absolute Gasteiger partial charge is 0.430 e. The molecule has 2 rings (SSSR count). The fourth-order valence-corrected chi connectivity index (χ4v) is 2.55. The van der Waals surface area contributed by atoms with Crippen LogP contribution in [0.3, 0.4) is 0 Å². The van der Waals surface area contributed by atoms with Gasteiger partial charge in [0.2, 0.25) is 6.10 Å². The molecule has 0 spiro atoms. The van der Waals surface area contributed by atoms with E-state index in [1.54, 1.807) is 6.07 Å². The van der Waals surface area contributed by atoms with Gasteiger partial charge in [0, 0.05) is 11.1 Å². The summed E-state index contributed by atoms with van der Waals surface area (Å²) >= 11 is 0. The van der Waals surface area contributed by atoms with Crippen LogP contribution in [-0.4, -0.2) is 23.4 Å². The molecule has 1 aliphatic rings. The van der Waals surface area contributed by atoms with Crippen LogP contribution in [0, 0.1) is 0 Å². The van der Waals surface area contributed by atoms with Crippen LogP contribution in [0.15, 0.2) is 17.7 Å². The molecule has 1 aliphatic heterocycles. The van der Waals surface area contributed by atoms with Crippen molar-refractivity contribution >= 4 is 12.0 Å². The monoisotopic (exact) mass is 328 g/mol. The summed E-state index contributed by atoms with van der Waals surface area (Å²) in [7, 11) is 0. The Morgan fingerprint density at radius 1 is 1.26 bits per heavy atom. The Hall–Kier alpha value is -1.98. The van der Waals surface area contributed by atoms with Crippen molar-refractivity contribution in [1.29, 1.82) is 0 Å². The molecular formula is C17H19F3O3. The molecule has 0 aliphatic carbocycles. The number of rotatable bonds is 2. The fraction of sp³-hybridized carbons (Fsp3) is 0.471. The van der Waals surface area contributed by atoms with Gasteiger partial charge in [0.15, 0.2) is 0 Å². The first-order valence-corrected chi connectivity index (χ1v) is 7.30. The number of hydrogen-bond acceptors (Lipinski definition) is 2. The first-order valence-electron chi connectivity index (χ1n) is 7.30. The second-order valence-electron chi connectivity index (χ2n) is 6.61. The lowest BCUT2D eigenvalue weighted by Crippen LogP contribution is -2.41. The summed E-state index contributed by atoms with van der Waals surface area (Å²) < 4.78 is 44.7. The van der Waals surface area contributed by atoms with E-state index < -0.39 is 29.2 Å². The van der Waals surface area contributed by atoms with Crippen molar-refractivity contribution in [2.45, 2.75) is 51.8 Å². The molecule has 1 heterocycles. The maximum absolute atomic E-state index is 13.2. The summed E-state index contributed by atoms with van der Waals surface area (Å²) in [4.78, 5) is 11.2. The number of alkyl halides is 3. The maximum atomic E-state index is 13.2. The lowest BCUT2D eigenvalue weighted by atomic mass is 9.82. The summed E-state index contributed by atoms with van der Waals surface area (Å²) in [5.74, 6) is -1.51. The van der Waals surface area contributed by atoms with E-state index in [2.05, 4.69) is 0 Å². The van der Waals surface area contributed by atoms with Gasteiger partial charge in [0.1, 0.15) is 5.75 Å². The zero-order chi connectivity index (χ0) is 17.6. The van der Waals surface area contributed by atoms with Gasteiger partial charge in [-0.15, -0.1) is 0 Å². The van der Waals surface area contributed by atoms with Crippen molar-refractivity contribution in [2.75, 3.05) is 0 Å². The minimum Gasteiger partial charge on any atom is -0.478 e. The Bertz CT molecular complexity index is 667. The van der Waals surface area contributed by atoms with Crippen LogP contribution >= 0.6 is 0 Å². The predicted molar refractivity (Wildman–Crippen MR) is 80.6 cm³/mol. The third-order valence-electron chi connectivity index (χ3n) is 3.77. The summed E-state index contributed by atoms with van der Waals surface area (Å²) in [6.07, 6.45) is -5.48. The molecule has 23 heavy (non-hydrogen) atoms. The molecular weight excluding hydrogens is 309 g/mol. The largest absolute Gasteiger partial charge is 0.478 e. The molecule has 0 bridgehead atoms. The number of carboxylic acids is 1.